The monoisotopic (exact) mass is 441 g/mol. The lowest BCUT2D eigenvalue weighted by atomic mass is 9.79. The second-order valence-corrected chi connectivity index (χ2v) is 8.76. The quantitative estimate of drug-likeness (QED) is 0.423. The molecule has 4 aromatic rings. The van der Waals surface area contributed by atoms with Crippen molar-refractivity contribution in [3.8, 4) is 11.3 Å². The van der Waals surface area contributed by atoms with E-state index in [4.69, 9.17) is 0 Å². The molecule has 1 saturated heterocycles. The molecule has 0 saturated carbocycles. The van der Waals surface area contributed by atoms with Crippen LogP contribution in [0.2, 0.25) is 0 Å². The summed E-state index contributed by atoms with van der Waals surface area (Å²) in [7, 11) is 0. The number of hydrogen-bond donors (Lipinski definition) is 3. The third kappa shape index (κ3) is 4.37. The minimum atomic E-state index is -0.827. The fraction of sp³-hybridized carbons (Fsp3) is 0.269. The van der Waals surface area contributed by atoms with Crippen LogP contribution in [0.3, 0.4) is 0 Å². The van der Waals surface area contributed by atoms with Gasteiger partial charge in [0.25, 0.3) is 0 Å². The van der Waals surface area contributed by atoms with E-state index >= 15 is 0 Å². The van der Waals surface area contributed by atoms with Crippen LogP contribution in [0.4, 0.5) is 5.69 Å². The number of rotatable bonds is 6. The lowest BCUT2D eigenvalue weighted by Gasteiger charge is -2.40. The van der Waals surface area contributed by atoms with Crippen molar-refractivity contribution < 1.29 is 9.90 Å². The average molecular weight is 442 g/mol. The third-order valence-corrected chi connectivity index (χ3v) is 6.46. The Labute approximate surface area is 192 Å². The van der Waals surface area contributed by atoms with E-state index in [1.165, 1.54) is 5.56 Å². The SMILES string of the molecule is O=C(Nc1ccc2[nH]nc(-c3ccncc3)c2c1)C1(CO)CCCN(Cc2ccccc2)C1. The fourth-order valence-corrected chi connectivity index (χ4v) is 4.68. The Bertz CT molecular complexity index is 1240. The molecule has 1 atom stereocenters. The molecule has 7 heteroatoms. The zero-order valence-electron chi connectivity index (χ0n) is 18.4. The number of amides is 1. The topological polar surface area (TPSA) is 94.1 Å². The Morgan fingerprint density at radius 2 is 1.94 bits per heavy atom. The number of piperidine rings is 1. The van der Waals surface area contributed by atoms with E-state index in [-0.39, 0.29) is 12.5 Å². The zero-order chi connectivity index (χ0) is 22.7. The summed E-state index contributed by atoms with van der Waals surface area (Å²) in [6.07, 6.45) is 5.00. The number of aliphatic hydroxyl groups is 1. The highest BCUT2D eigenvalue weighted by Gasteiger charge is 2.41. The normalized spacial score (nSPS) is 18.9. The van der Waals surface area contributed by atoms with E-state index in [1.807, 2.05) is 48.5 Å². The second kappa shape index (κ2) is 9.13. The van der Waals surface area contributed by atoms with E-state index < -0.39 is 5.41 Å². The number of hydrogen-bond acceptors (Lipinski definition) is 5. The van der Waals surface area contributed by atoms with Gasteiger partial charge in [-0.15, -0.1) is 0 Å². The first-order valence-electron chi connectivity index (χ1n) is 11.2. The summed E-state index contributed by atoms with van der Waals surface area (Å²) in [5, 5.41) is 21.8. The van der Waals surface area contributed by atoms with Crippen molar-refractivity contribution in [3.05, 3.63) is 78.6 Å². The number of nitrogens with one attached hydrogen (secondary N) is 2. The van der Waals surface area contributed by atoms with Crippen molar-refractivity contribution in [2.45, 2.75) is 19.4 Å². The Hall–Kier alpha value is -3.55. The second-order valence-electron chi connectivity index (χ2n) is 8.76. The van der Waals surface area contributed by atoms with Gasteiger partial charge in [-0.05, 0) is 55.3 Å². The van der Waals surface area contributed by atoms with Gasteiger partial charge in [0.15, 0.2) is 0 Å². The predicted octanol–water partition coefficient (Wildman–Crippen LogP) is 3.84. The molecule has 2 aromatic carbocycles. The van der Waals surface area contributed by atoms with E-state index in [0.29, 0.717) is 18.7 Å². The van der Waals surface area contributed by atoms with Crippen molar-refractivity contribution in [2.24, 2.45) is 5.41 Å². The van der Waals surface area contributed by atoms with Gasteiger partial charge in [0.05, 0.1) is 17.5 Å². The van der Waals surface area contributed by atoms with E-state index in [1.54, 1.807) is 12.4 Å². The van der Waals surface area contributed by atoms with Gasteiger partial charge in [-0.1, -0.05) is 30.3 Å². The predicted molar refractivity (Wildman–Crippen MR) is 128 cm³/mol. The largest absolute Gasteiger partial charge is 0.395 e. The molecule has 1 unspecified atom stereocenters. The number of benzene rings is 2. The number of nitrogens with zero attached hydrogens (tertiary/aromatic N) is 3. The van der Waals surface area contributed by atoms with Crippen molar-refractivity contribution in [1.29, 1.82) is 0 Å². The zero-order valence-corrected chi connectivity index (χ0v) is 18.4. The Morgan fingerprint density at radius 3 is 2.73 bits per heavy atom. The van der Waals surface area contributed by atoms with Gasteiger partial charge in [0, 0.05) is 42.1 Å². The number of pyridine rings is 1. The number of fused-ring (bicyclic) bond motifs is 1. The van der Waals surface area contributed by atoms with Crippen LogP contribution >= 0.6 is 0 Å². The van der Waals surface area contributed by atoms with Gasteiger partial charge in [0.2, 0.25) is 5.91 Å². The molecular formula is C26H27N5O2. The highest BCUT2D eigenvalue weighted by Crippen LogP contribution is 2.33. The molecular weight excluding hydrogens is 414 g/mol. The summed E-state index contributed by atoms with van der Waals surface area (Å²) < 4.78 is 0. The molecule has 3 N–H and O–H groups in total. The van der Waals surface area contributed by atoms with Crippen molar-refractivity contribution >= 4 is 22.5 Å². The molecule has 5 rings (SSSR count). The number of anilines is 1. The number of likely N-dealkylation sites (tertiary alicyclic amines) is 1. The van der Waals surface area contributed by atoms with Gasteiger partial charge in [-0.25, -0.2) is 0 Å². The van der Waals surface area contributed by atoms with Crippen molar-refractivity contribution in [1.82, 2.24) is 20.1 Å². The maximum absolute atomic E-state index is 13.4. The maximum atomic E-state index is 13.4. The Morgan fingerprint density at radius 1 is 1.12 bits per heavy atom. The molecule has 0 aliphatic carbocycles. The molecule has 1 amide bonds. The van der Waals surface area contributed by atoms with Gasteiger partial charge >= 0.3 is 0 Å². The van der Waals surface area contributed by atoms with Gasteiger partial charge in [0.1, 0.15) is 5.69 Å². The Kier molecular flexibility index (Phi) is 5.90. The summed E-state index contributed by atoms with van der Waals surface area (Å²) in [6.45, 7) is 2.03. The molecule has 1 fully saturated rings. The van der Waals surface area contributed by atoms with Crippen LogP contribution in [0, 0.1) is 5.41 Å². The highest BCUT2D eigenvalue weighted by atomic mass is 16.3. The molecule has 33 heavy (non-hydrogen) atoms. The van der Waals surface area contributed by atoms with Crippen LogP contribution in [0.25, 0.3) is 22.2 Å². The molecule has 1 aliphatic heterocycles. The molecule has 0 radical (unpaired) electrons. The minimum Gasteiger partial charge on any atom is -0.395 e. The molecule has 7 nitrogen and oxygen atoms in total. The standard InChI is InChI=1S/C26H27N5O2/c32-18-26(11-4-14-31(17-26)16-19-5-2-1-3-6-19)25(33)28-21-7-8-23-22(15-21)24(30-29-23)20-9-12-27-13-10-20/h1-3,5-10,12-13,15,32H,4,11,14,16-18H2,(H,28,33)(H,29,30). The number of aromatic amines is 1. The third-order valence-electron chi connectivity index (χ3n) is 6.46. The summed E-state index contributed by atoms with van der Waals surface area (Å²) in [6, 6.07) is 19.8. The summed E-state index contributed by atoms with van der Waals surface area (Å²) in [5.74, 6) is -0.143. The first-order valence-corrected chi connectivity index (χ1v) is 11.2. The average Bonchev–Trinajstić information content (AvgIpc) is 3.28. The van der Waals surface area contributed by atoms with E-state index in [9.17, 15) is 9.90 Å². The van der Waals surface area contributed by atoms with Crippen LogP contribution in [-0.2, 0) is 11.3 Å². The molecule has 3 heterocycles. The number of aromatic nitrogens is 3. The number of carbonyl (C=O) groups excluding carboxylic acids is 1. The molecule has 1 aliphatic rings. The fourth-order valence-electron chi connectivity index (χ4n) is 4.68. The highest BCUT2D eigenvalue weighted by molar-refractivity contribution is 6.00. The van der Waals surface area contributed by atoms with Crippen LogP contribution in [0.5, 0.6) is 0 Å². The van der Waals surface area contributed by atoms with E-state index in [2.05, 4.69) is 37.5 Å². The molecule has 0 spiro atoms. The lowest BCUT2D eigenvalue weighted by molar-refractivity contribution is -0.132. The van der Waals surface area contributed by atoms with Crippen LogP contribution in [0.15, 0.2) is 73.1 Å². The summed E-state index contributed by atoms with van der Waals surface area (Å²) in [5.41, 5.74) is 3.73. The van der Waals surface area contributed by atoms with Crippen LogP contribution in [-0.4, -0.2) is 50.8 Å². The first-order chi connectivity index (χ1) is 16.2. The number of aliphatic hydroxyl groups excluding tert-OH is 1. The smallest absolute Gasteiger partial charge is 0.234 e. The number of carbonyl (C=O) groups is 1. The van der Waals surface area contributed by atoms with Crippen molar-refractivity contribution in [3.63, 3.8) is 0 Å². The van der Waals surface area contributed by atoms with Gasteiger partial charge in [-0.3, -0.25) is 19.8 Å². The molecule has 2 aromatic heterocycles. The minimum absolute atomic E-state index is 0.143. The van der Waals surface area contributed by atoms with E-state index in [0.717, 1.165) is 41.7 Å². The van der Waals surface area contributed by atoms with Gasteiger partial charge < -0.3 is 10.4 Å². The summed E-state index contributed by atoms with van der Waals surface area (Å²) >= 11 is 0. The number of H-pyrrole nitrogens is 1. The van der Waals surface area contributed by atoms with Crippen molar-refractivity contribution in [2.75, 3.05) is 25.0 Å². The Balaban J connectivity index is 1.36. The molecule has 168 valence electrons. The van der Waals surface area contributed by atoms with Crippen LogP contribution < -0.4 is 5.32 Å². The first kappa shape index (κ1) is 21.3. The molecule has 0 bridgehead atoms. The van der Waals surface area contributed by atoms with Crippen LogP contribution in [0.1, 0.15) is 18.4 Å². The summed E-state index contributed by atoms with van der Waals surface area (Å²) in [4.78, 5) is 19.7. The van der Waals surface area contributed by atoms with Gasteiger partial charge in [-0.2, -0.15) is 5.10 Å². The lowest BCUT2D eigenvalue weighted by Crippen LogP contribution is -2.51. The maximum Gasteiger partial charge on any atom is 0.234 e.